The maximum absolute atomic E-state index is 9.53. The first-order valence-electron chi connectivity index (χ1n) is 3.99. The van der Waals surface area contributed by atoms with Gasteiger partial charge in [0.25, 0.3) is 0 Å². The molecule has 0 N–H and O–H groups in total. The van der Waals surface area contributed by atoms with Crippen molar-refractivity contribution < 1.29 is 36.1 Å². The monoisotopic (exact) mass is 326 g/mol. The zero-order valence-corrected chi connectivity index (χ0v) is 11.2. The number of hydrogen-bond donors (Lipinski definition) is 0. The second kappa shape index (κ2) is 22.4. The molecule has 0 spiro atoms. The van der Waals surface area contributed by atoms with Gasteiger partial charge in [-0.1, -0.05) is 39.5 Å². The van der Waals surface area contributed by atoms with E-state index in [0.717, 1.165) is 25.7 Å². The van der Waals surface area contributed by atoms with E-state index in [9.17, 15) is 10.2 Å². The summed E-state index contributed by atoms with van der Waals surface area (Å²) in [6, 6.07) is 0. The second-order valence-corrected chi connectivity index (χ2v) is 2.12. The molecule has 0 aliphatic carbocycles. The summed E-state index contributed by atoms with van der Waals surface area (Å²) in [4.78, 5) is 0. The fourth-order valence-electron chi connectivity index (χ4n) is 0.289. The van der Waals surface area contributed by atoms with E-state index in [4.69, 9.17) is 0 Å². The Labute approximate surface area is 88.8 Å². The van der Waals surface area contributed by atoms with Crippen molar-refractivity contribution in [3.05, 3.63) is 0 Å². The smallest absolute Gasteiger partial charge is 0 e. The van der Waals surface area contributed by atoms with Crippen LogP contribution in [-0.2, 0) is 25.8 Å². The van der Waals surface area contributed by atoms with Crippen molar-refractivity contribution in [1.82, 2.24) is 0 Å². The van der Waals surface area contributed by atoms with Gasteiger partial charge < -0.3 is 10.2 Å². The molecular weight excluding hydrogens is 307 g/mol. The molecule has 0 unspecified atom stereocenters. The molecule has 0 bridgehead atoms. The number of rotatable bonds is 4. The average molecular weight is 325 g/mol. The SMILES string of the molecule is CCCC[O-].CCCC[O-].[Hf]. The standard InChI is InChI=1S/2C4H9O.Hf/c2*1-2-3-4-5;/h2*2-4H2,1H3;/q2*-1;. The molecule has 0 aromatic rings. The van der Waals surface area contributed by atoms with Crippen LogP contribution in [0.5, 0.6) is 0 Å². The van der Waals surface area contributed by atoms with Crippen molar-refractivity contribution in [2.24, 2.45) is 0 Å². The third-order valence-corrected chi connectivity index (χ3v) is 0.996. The van der Waals surface area contributed by atoms with Crippen LogP contribution in [0.25, 0.3) is 0 Å². The molecule has 11 heavy (non-hydrogen) atoms. The third-order valence-electron chi connectivity index (χ3n) is 0.996. The fourth-order valence-corrected chi connectivity index (χ4v) is 0.289. The van der Waals surface area contributed by atoms with E-state index in [2.05, 4.69) is 0 Å². The van der Waals surface area contributed by atoms with Gasteiger partial charge in [-0.05, 0) is 0 Å². The Kier molecular flexibility index (Phi) is 36.2. The molecule has 0 saturated carbocycles. The van der Waals surface area contributed by atoms with E-state index >= 15 is 0 Å². The van der Waals surface area contributed by atoms with Gasteiger partial charge in [-0.25, -0.2) is 0 Å². The van der Waals surface area contributed by atoms with E-state index in [0.29, 0.717) is 0 Å². The van der Waals surface area contributed by atoms with Crippen LogP contribution in [0.2, 0.25) is 0 Å². The third kappa shape index (κ3) is 36.3. The van der Waals surface area contributed by atoms with Gasteiger partial charge in [0.2, 0.25) is 0 Å². The van der Waals surface area contributed by atoms with Crippen molar-refractivity contribution in [3.8, 4) is 0 Å². The first-order chi connectivity index (χ1) is 4.83. The molecular formula is C8H18HfO2-2. The predicted octanol–water partition coefficient (Wildman–Crippen LogP) is 0.291. The van der Waals surface area contributed by atoms with Gasteiger partial charge in [-0.2, -0.15) is 0 Å². The summed E-state index contributed by atoms with van der Waals surface area (Å²) in [7, 11) is 0. The van der Waals surface area contributed by atoms with Gasteiger partial charge in [0, 0.05) is 25.8 Å². The minimum absolute atomic E-state index is 0. The van der Waals surface area contributed by atoms with Crippen LogP contribution >= 0.6 is 0 Å². The first-order valence-corrected chi connectivity index (χ1v) is 3.99. The summed E-state index contributed by atoms with van der Waals surface area (Å²) in [6.07, 6.45) is 3.73. The minimum Gasteiger partial charge on any atom is -0.854 e. The first kappa shape index (κ1) is 17.8. The van der Waals surface area contributed by atoms with E-state index in [1.54, 1.807) is 0 Å². The van der Waals surface area contributed by atoms with Gasteiger partial charge >= 0.3 is 0 Å². The summed E-state index contributed by atoms with van der Waals surface area (Å²) >= 11 is 0. The number of unbranched alkanes of at least 4 members (excludes halogenated alkanes) is 2. The molecule has 0 aromatic carbocycles. The van der Waals surface area contributed by atoms with Crippen LogP contribution in [-0.4, -0.2) is 13.2 Å². The van der Waals surface area contributed by atoms with Crippen LogP contribution in [0, 0.1) is 0 Å². The zero-order valence-electron chi connectivity index (χ0n) is 7.56. The molecule has 68 valence electrons. The van der Waals surface area contributed by atoms with Crippen LogP contribution < -0.4 is 10.2 Å². The molecule has 0 aliphatic rings. The zero-order chi connectivity index (χ0) is 8.24. The molecule has 0 aliphatic heterocycles. The van der Waals surface area contributed by atoms with Gasteiger partial charge in [-0.15, -0.1) is 13.2 Å². The van der Waals surface area contributed by atoms with E-state index in [1.807, 2.05) is 13.8 Å². The summed E-state index contributed by atoms with van der Waals surface area (Å²) in [5.41, 5.74) is 0. The summed E-state index contributed by atoms with van der Waals surface area (Å²) < 4.78 is 0. The minimum atomic E-state index is 0. The Morgan fingerprint density at radius 2 is 1.09 bits per heavy atom. The van der Waals surface area contributed by atoms with Crippen LogP contribution in [0.15, 0.2) is 0 Å². The normalized spacial score (nSPS) is 7.64. The molecule has 2 nitrogen and oxygen atoms in total. The molecule has 0 amide bonds. The fraction of sp³-hybridized carbons (Fsp3) is 1.00. The topological polar surface area (TPSA) is 46.1 Å². The van der Waals surface area contributed by atoms with Crippen LogP contribution in [0.1, 0.15) is 39.5 Å². The van der Waals surface area contributed by atoms with Crippen molar-refractivity contribution in [3.63, 3.8) is 0 Å². The largest absolute Gasteiger partial charge is 0.854 e. The van der Waals surface area contributed by atoms with Gasteiger partial charge in [-0.3, -0.25) is 0 Å². The number of hydrogen-bond acceptors (Lipinski definition) is 2. The quantitative estimate of drug-likeness (QED) is 0.698. The predicted molar refractivity (Wildman–Crippen MR) is 39.6 cm³/mol. The summed E-state index contributed by atoms with van der Waals surface area (Å²) in [5.74, 6) is 0. The van der Waals surface area contributed by atoms with Gasteiger partial charge in [0.15, 0.2) is 0 Å². The Morgan fingerprint density at radius 3 is 1.09 bits per heavy atom. The molecule has 3 heteroatoms. The van der Waals surface area contributed by atoms with E-state index < -0.39 is 0 Å². The molecule has 0 radical (unpaired) electrons. The molecule has 0 saturated heterocycles. The molecule has 0 fully saturated rings. The van der Waals surface area contributed by atoms with Crippen molar-refractivity contribution in [1.29, 1.82) is 0 Å². The Morgan fingerprint density at radius 1 is 0.818 bits per heavy atom. The van der Waals surface area contributed by atoms with Crippen LogP contribution in [0.4, 0.5) is 0 Å². The van der Waals surface area contributed by atoms with Gasteiger partial charge in [0.05, 0.1) is 0 Å². The Bertz CT molecular complexity index is 33.1. The maximum Gasteiger partial charge on any atom is 0 e. The maximum atomic E-state index is 9.53. The van der Waals surface area contributed by atoms with Crippen molar-refractivity contribution in [2.45, 2.75) is 39.5 Å². The summed E-state index contributed by atoms with van der Waals surface area (Å²) in [5, 5.41) is 19.1. The average Bonchev–Trinajstić information content (AvgIpc) is 1.93. The Hall–Kier alpha value is 0.790. The molecule has 0 atom stereocenters. The second-order valence-electron chi connectivity index (χ2n) is 2.12. The van der Waals surface area contributed by atoms with Crippen molar-refractivity contribution >= 4 is 0 Å². The summed E-state index contributed by atoms with van der Waals surface area (Å²) in [6.45, 7) is 4.21. The molecule has 0 heterocycles. The molecule has 0 rings (SSSR count). The van der Waals surface area contributed by atoms with Crippen molar-refractivity contribution in [2.75, 3.05) is 13.2 Å². The van der Waals surface area contributed by atoms with Gasteiger partial charge in [0.1, 0.15) is 0 Å². The Balaban J connectivity index is -0.000000107. The van der Waals surface area contributed by atoms with Crippen LogP contribution in [0.3, 0.4) is 0 Å². The van der Waals surface area contributed by atoms with E-state index in [-0.39, 0.29) is 39.1 Å². The molecule has 0 aromatic heterocycles. The van der Waals surface area contributed by atoms with E-state index in [1.165, 1.54) is 0 Å².